The second kappa shape index (κ2) is 4.99. The standard InChI is InChI=1S/C13H17N3O3S/c1-8-14-9-5-10(15(4)7-13(2,3)17)11(16(18)19)6-12(9)20-8/h5-6,17H,7H2,1-4H3. The summed E-state index contributed by atoms with van der Waals surface area (Å²) in [6, 6.07) is 3.26. The van der Waals surface area contributed by atoms with Gasteiger partial charge in [-0.1, -0.05) is 0 Å². The molecule has 0 aliphatic heterocycles. The third kappa shape index (κ3) is 3.05. The lowest BCUT2D eigenvalue weighted by Crippen LogP contribution is -2.36. The normalized spacial score (nSPS) is 11.8. The molecule has 6 nitrogen and oxygen atoms in total. The van der Waals surface area contributed by atoms with Crippen LogP contribution in [0.25, 0.3) is 10.2 Å². The molecule has 0 atom stereocenters. The summed E-state index contributed by atoms with van der Waals surface area (Å²) in [5, 5.41) is 22.0. The first kappa shape index (κ1) is 14.7. The molecule has 108 valence electrons. The summed E-state index contributed by atoms with van der Waals surface area (Å²) in [5.74, 6) is 0. The molecule has 1 aromatic heterocycles. The van der Waals surface area contributed by atoms with Crippen molar-refractivity contribution in [2.45, 2.75) is 26.4 Å². The maximum absolute atomic E-state index is 11.2. The molecule has 0 saturated carbocycles. The zero-order valence-corrected chi connectivity index (χ0v) is 12.7. The summed E-state index contributed by atoms with van der Waals surface area (Å²) >= 11 is 1.43. The van der Waals surface area contributed by atoms with Gasteiger partial charge in [0.15, 0.2) is 0 Å². The minimum Gasteiger partial charge on any atom is -0.389 e. The van der Waals surface area contributed by atoms with Crippen LogP contribution in [0.5, 0.6) is 0 Å². The number of anilines is 1. The van der Waals surface area contributed by atoms with Crippen molar-refractivity contribution in [1.82, 2.24) is 4.98 Å². The molecule has 0 amide bonds. The molecule has 0 spiro atoms. The summed E-state index contributed by atoms with van der Waals surface area (Å²) in [7, 11) is 1.73. The molecule has 1 aromatic carbocycles. The van der Waals surface area contributed by atoms with Crippen molar-refractivity contribution in [2.24, 2.45) is 0 Å². The van der Waals surface area contributed by atoms with Crippen molar-refractivity contribution in [3.8, 4) is 0 Å². The average Bonchev–Trinajstić information content (AvgIpc) is 2.63. The van der Waals surface area contributed by atoms with Crippen LogP contribution in [0, 0.1) is 17.0 Å². The van der Waals surface area contributed by atoms with E-state index < -0.39 is 10.5 Å². The van der Waals surface area contributed by atoms with Crippen LogP contribution in [0.1, 0.15) is 18.9 Å². The molecular formula is C13H17N3O3S. The van der Waals surface area contributed by atoms with E-state index in [4.69, 9.17) is 0 Å². The highest BCUT2D eigenvalue weighted by atomic mass is 32.1. The SMILES string of the molecule is Cc1nc2cc(N(C)CC(C)(C)O)c([N+](=O)[O-])cc2s1. The van der Waals surface area contributed by atoms with Gasteiger partial charge in [0.25, 0.3) is 5.69 Å². The largest absolute Gasteiger partial charge is 0.389 e. The molecule has 0 radical (unpaired) electrons. The minimum absolute atomic E-state index is 0.0351. The van der Waals surface area contributed by atoms with Gasteiger partial charge in [-0.3, -0.25) is 10.1 Å². The molecule has 7 heteroatoms. The van der Waals surface area contributed by atoms with Gasteiger partial charge >= 0.3 is 0 Å². The predicted octanol–water partition coefficient (Wildman–Crippen LogP) is 2.72. The average molecular weight is 295 g/mol. The van der Waals surface area contributed by atoms with E-state index in [1.54, 1.807) is 37.9 Å². The molecule has 20 heavy (non-hydrogen) atoms. The van der Waals surface area contributed by atoms with E-state index in [0.717, 1.165) is 15.2 Å². The van der Waals surface area contributed by atoms with Crippen LogP contribution in [0.4, 0.5) is 11.4 Å². The number of thiazole rings is 1. The first-order valence-electron chi connectivity index (χ1n) is 6.16. The Balaban J connectivity index is 2.54. The molecule has 2 rings (SSSR count). The first-order valence-corrected chi connectivity index (χ1v) is 6.98. The summed E-state index contributed by atoms with van der Waals surface area (Å²) < 4.78 is 0.801. The fourth-order valence-electron chi connectivity index (χ4n) is 2.18. The van der Waals surface area contributed by atoms with Crippen molar-refractivity contribution in [1.29, 1.82) is 0 Å². The van der Waals surface area contributed by atoms with Crippen LogP contribution in [0.3, 0.4) is 0 Å². The van der Waals surface area contributed by atoms with Crippen molar-refractivity contribution in [2.75, 3.05) is 18.5 Å². The molecule has 0 saturated heterocycles. The lowest BCUT2D eigenvalue weighted by molar-refractivity contribution is -0.384. The minimum atomic E-state index is -0.935. The number of hydrogen-bond donors (Lipinski definition) is 1. The molecule has 1 heterocycles. The van der Waals surface area contributed by atoms with E-state index in [0.29, 0.717) is 12.2 Å². The van der Waals surface area contributed by atoms with Gasteiger partial charge in [-0.25, -0.2) is 4.98 Å². The topological polar surface area (TPSA) is 79.5 Å². The van der Waals surface area contributed by atoms with Gasteiger partial charge < -0.3 is 10.0 Å². The van der Waals surface area contributed by atoms with Crippen LogP contribution in [-0.2, 0) is 0 Å². The molecule has 1 N–H and O–H groups in total. The number of nitro groups is 1. The molecule has 0 aliphatic carbocycles. The van der Waals surface area contributed by atoms with Gasteiger partial charge in [0.05, 0.1) is 25.7 Å². The van der Waals surface area contributed by atoms with Crippen molar-refractivity contribution in [3.05, 3.63) is 27.3 Å². The highest BCUT2D eigenvalue weighted by molar-refractivity contribution is 7.18. The second-order valence-electron chi connectivity index (χ2n) is 5.47. The molecule has 0 unspecified atom stereocenters. The van der Waals surface area contributed by atoms with Crippen LogP contribution in [0.15, 0.2) is 12.1 Å². The first-order chi connectivity index (χ1) is 9.17. The fourth-order valence-corrected chi connectivity index (χ4v) is 3.03. The van der Waals surface area contributed by atoms with Crippen LogP contribution >= 0.6 is 11.3 Å². The van der Waals surface area contributed by atoms with Crippen LogP contribution in [0.2, 0.25) is 0 Å². The third-order valence-corrected chi connectivity index (χ3v) is 3.76. The number of nitrogens with zero attached hydrogens (tertiary/aromatic N) is 3. The monoisotopic (exact) mass is 295 g/mol. The van der Waals surface area contributed by atoms with Gasteiger partial charge in [-0.2, -0.15) is 0 Å². The Labute approximate surface area is 120 Å². The van der Waals surface area contributed by atoms with Gasteiger partial charge in [-0.15, -0.1) is 11.3 Å². The molecular weight excluding hydrogens is 278 g/mol. The maximum Gasteiger partial charge on any atom is 0.294 e. The van der Waals surface area contributed by atoms with E-state index in [9.17, 15) is 15.2 Å². The van der Waals surface area contributed by atoms with Crippen molar-refractivity contribution in [3.63, 3.8) is 0 Å². The highest BCUT2D eigenvalue weighted by Crippen LogP contribution is 2.35. The van der Waals surface area contributed by atoms with E-state index in [1.165, 1.54) is 11.3 Å². The Hall–Kier alpha value is -1.73. The maximum atomic E-state index is 11.2. The highest BCUT2D eigenvalue weighted by Gasteiger charge is 2.23. The van der Waals surface area contributed by atoms with E-state index in [-0.39, 0.29) is 5.69 Å². The number of aromatic nitrogens is 1. The van der Waals surface area contributed by atoms with Crippen molar-refractivity contribution < 1.29 is 10.0 Å². The number of benzene rings is 1. The number of fused-ring (bicyclic) bond motifs is 1. The Morgan fingerprint density at radius 1 is 1.50 bits per heavy atom. The van der Waals surface area contributed by atoms with Gasteiger partial charge in [0.1, 0.15) is 5.69 Å². The van der Waals surface area contributed by atoms with E-state index in [2.05, 4.69) is 4.98 Å². The fraction of sp³-hybridized carbons (Fsp3) is 0.462. The van der Waals surface area contributed by atoms with E-state index in [1.807, 2.05) is 6.92 Å². The third-order valence-electron chi connectivity index (χ3n) is 2.82. The lowest BCUT2D eigenvalue weighted by atomic mass is 10.1. The summed E-state index contributed by atoms with van der Waals surface area (Å²) in [6.45, 7) is 5.50. The van der Waals surface area contributed by atoms with Crippen LogP contribution < -0.4 is 4.90 Å². The molecule has 2 aromatic rings. The molecule has 0 bridgehead atoms. The number of rotatable bonds is 4. The Kier molecular flexibility index (Phi) is 3.66. The van der Waals surface area contributed by atoms with Gasteiger partial charge in [0, 0.05) is 19.7 Å². The molecule has 0 fully saturated rings. The quantitative estimate of drug-likeness (QED) is 0.693. The molecule has 0 aliphatic rings. The Bertz CT molecular complexity index is 661. The zero-order valence-electron chi connectivity index (χ0n) is 11.9. The number of likely N-dealkylation sites (N-methyl/N-ethyl adjacent to an activating group) is 1. The smallest absolute Gasteiger partial charge is 0.294 e. The zero-order chi connectivity index (χ0) is 15.1. The van der Waals surface area contributed by atoms with Crippen LogP contribution in [-0.4, -0.2) is 34.2 Å². The van der Waals surface area contributed by atoms with Gasteiger partial charge in [0.2, 0.25) is 0 Å². The number of nitro benzene ring substituents is 1. The summed E-state index contributed by atoms with van der Waals surface area (Å²) in [5.41, 5.74) is 0.314. The second-order valence-corrected chi connectivity index (χ2v) is 6.70. The Morgan fingerprint density at radius 3 is 2.70 bits per heavy atom. The number of hydrogen-bond acceptors (Lipinski definition) is 6. The number of aliphatic hydroxyl groups is 1. The lowest BCUT2D eigenvalue weighted by Gasteiger charge is -2.26. The summed E-state index contributed by atoms with van der Waals surface area (Å²) in [6.07, 6.45) is 0. The predicted molar refractivity (Wildman–Crippen MR) is 80.6 cm³/mol. The number of aryl methyl sites for hydroxylation is 1. The van der Waals surface area contributed by atoms with Crippen molar-refractivity contribution >= 4 is 32.9 Å². The summed E-state index contributed by atoms with van der Waals surface area (Å²) in [4.78, 5) is 16.9. The van der Waals surface area contributed by atoms with E-state index >= 15 is 0 Å². The van der Waals surface area contributed by atoms with Gasteiger partial charge in [-0.05, 0) is 26.8 Å². The Morgan fingerprint density at radius 2 is 2.15 bits per heavy atom.